The minimum Gasteiger partial charge on any atom is -0.275 e. The van der Waals surface area contributed by atoms with E-state index in [4.69, 9.17) is 0 Å². The Bertz CT molecular complexity index is 1350. The molecule has 0 spiro atoms. The summed E-state index contributed by atoms with van der Waals surface area (Å²) in [5.41, 5.74) is 4.30. The van der Waals surface area contributed by atoms with E-state index in [1.165, 1.54) is 28.8 Å². The van der Waals surface area contributed by atoms with E-state index < -0.39 is 10.0 Å². The first-order valence-corrected chi connectivity index (χ1v) is 12.2. The number of hydrogen-bond acceptors (Lipinski definition) is 4. The Morgan fingerprint density at radius 2 is 1.74 bits per heavy atom. The molecule has 5 rings (SSSR count). The van der Waals surface area contributed by atoms with Gasteiger partial charge in [0.25, 0.3) is 10.0 Å². The molecule has 0 bridgehead atoms. The fraction of sp³-hybridized carbons (Fsp3) is 0.333. The number of aryl methyl sites for hydroxylation is 2. The Morgan fingerprint density at radius 3 is 2.42 bits per heavy atom. The number of rotatable bonds is 4. The zero-order valence-corrected chi connectivity index (χ0v) is 18.6. The normalized spacial score (nSPS) is 15.5. The number of benzene rings is 1. The zero-order valence-electron chi connectivity index (χ0n) is 17.8. The van der Waals surface area contributed by atoms with Crippen LogP contribution in [0.5, 0.6) is 0 Å². The summed E-state index contributed by atoms with van der Waals surface area (Å²) in [4.78, 5) is 4.94. The van der Waals surface area contributed by atoms with Crippen LogP contribution in [0.25, 0.3) is 22.2 Å². The Hall–Kier alpha value is -2.93. The van der Waals surface area contributed by atoms with Crippen LogP contribution in [0.4, 0.5) is 0 Å². The number of aromatic nitrogens is 4. The SMILES string of the molecule is Cc1nn(C)cc1-c1cn(S(=O)(=O)c2ccccc2)c2ncc(C3CCCCC3)cc12. The van der Waals surface area contributed by atoms with Gasteiger partial charge in [-0.1, -0.05) is 37.5 Å². The van der Waals surface area contributed by atoms with Crippen LogP contribution in [0.2, 0.25) is 0 Å². The largest absolute Gasteiger partial charge is 0.275 e. The Labute approximate surface area is 182 Å². The molecule has 0 radical (unpaired) electrons. The van der Waals surface area contributed by atoms with Crippen LogP contribution in [-0.2, 0) is 17.1 Å². The van der Waals surface area contributed by atoms with Crippen LogP contribution in [0.15, 0.2) is 59.9 Å². The molecule has 1 aliphatic rings. The lowest BCUT2D eigenvalue weighted by molar-refractivity contribution is 0.443. The number of hydrogen-bond donors (Lipinski definition) is 0. The first kappa shape index (κ1) is 20.0. The molecule has 0 unspecified atom stereocenters. The molecule has 1 saturated carbocycles. The van der Waals surface area contributed by atoms with E-state index >= 15 is 0 Å². The molecule has 4 aromatic rings. The van der Waals surface area contributed by atoms with Crippen molar-refractivity contribution in [3.05, 3.63) is 66.2 Å². The molecule has 1 aromatic carbocycles. The highest BCUT2D eigenvalue weighted by Crippen LogP contribution is 2.38. The predicted octanol–water partition coefficient (Wildman–Crippen LogP) is 5.03. The van der Waals surface area contributed by atoms with Gasteiger partial charge < -0.3 is 0 Å². The second-order valence-corrected chi connectivity index (χ2v) is 10.2. The van der Waals surface area contributed by atoms with Gasteiger partial charge in [0.1, 0.15) is 0 Å². The van der Waals surface area contributed by atoms with Crippen molar-refractivity contribution in [1.29, 1.82) is 0 Å². The second kappa shape index (κ2) is 7.64. The molecule has 3 aromatic heterocycles. The molecule has 0 atom stereocenters. The van der Waals surface area contributed by atoms with Crippen molar-refractivity contribution in [3.63, 3.8) is 0 Å². The lowest BCUT2D eigenvalue weighted by Crippen LogP contribution is -2.12. The molecule has 0 saturated heterocycles. The highest BCUT2D eigenvalue weighted by Gasteiger charge is 2.25. The molecule has 1 aliphatic carbocycles. The molecule has 31 heavy (non-hydrogen) atoms. The molecular formula is C24H26N4O2S. The van der Waals surface area contributed by atoms with Crippen molar-refractivity contribution in [2.75, 3.05) is 0 Å². The van der Waals surface area contributed by atoms with Gasteiger partial charge in [0.05, 0.1) is 10.6 Å². The summed E-state index contributed by atoms with van der Waals surface area (Å²) in [7, 11) is -1.89. The summed E-state index contributed by atoms with van der Waals surface area (Å²) in [6.45, 7) is 1.95. The quantitative estimate of drug-likeness (QED) is 0.452. The number of pyridine rings is 1. The minimum absolute atomic E-state index is 0.250. The highest BCUT2D eigenvalue weighted by atomic mass is 32.2. The predicted molar refractivity (Wildman–Crippen MR) is 122 cm³/mol. The van der Waals surface area contributed by atoms with Crippen LogP contribution in [0.1, 0.15) is 49.3 Å². The molecule has 0 N–H and O–H groups in total. The van der Waals surface area contributed by atoms with Gasteiger partial charge in [-0.05, 0) is 49.4 Å². The van der Waals surface area contributed by atoms with Crippen molar-refractivity contribution in [2.24, 2.45) is 7.05 Å². The molecule has 0 aliphatic heterocycles. The van der Waals surface area contributed by atoms with Crippen molar-refractivity contribution in [3.8, 4) is 11.1 Å². The lowest BCUT2D eigenvalue weighted by Gasteiger charge is -2.21. The second-order valence-electron chi connectivity index (χ2n) is 8.43. The molecule has 6 nitrogen and oxygen atoms in total. The summed E-state index contributed by atoms with van der Waals surface area (Å²) in [5.74, 6) is 0.488. The molecular weight excluding hydrogens is 408 g/mol. The van der Waals surface area contributed by atoms with Gasteiger partial charge in [-0.3, -0.25) is 4.68 Å². The van der Waals surface area contributed by atoms with E-state index in [0.717, 1.165) is 35.0 Å². The zero-order chi connectivity index (χ0) is 21.6. The van der Waals surface area contributed by atoms with Gasteiger partial charge >= 0.3 is 0 Å². The van der Waals surface area contributed by atoms with E-state index in [2.05, 4.69) is 16.1 Å². The summed E-state index contributed by atoms with van der Waals surface area (Å²) >= 11 is 0. The van der Waals surface area contributed by atoms with Gasteiger partial charge in [0.15, 0.2) is 5.65 Å². The summed E-state index contributed by atoms with van der Waals surface area (Å²) in [5, 5.41) is 5.33. The van der Waals surface area contributed by atoms with E-state index in [0.29, 0.717) is 11.6 Å². The Kier molecular flexibility index (Phi) is 4.93. The Balaban J connectivity index is 1.75. The molecule has 0 amide bonds. The van der Waals surface area contributed by atoms with Crippen molar-refractivity contribution < 1.29 is 8.42 Å². The van der Waals surface area contributed by atoms with Gasteiger partial charge in [0, 0.05) is 42.2 Å². The highest BCUT2D eigenvalue weighted by molar-refractivity contribution is 7.90. The maximum Gasteiger partial charge on any atom is 0.269 e. The lowest BCUT2D eigenvalue weighted by atomic mass is 9.84. The third kappa shape index (κ3) is 3.47. The third-order valence-corrected chi connectivity index (χ3v) is 7.98. The minimum atomic E-state index is -3.77. The van der Waals surface area contributed by atoms with Crippen molar-refractivity contribution in [2.45, 2.75) is 49.8 Å². The fourth-order valence-corrected chi connectivity index (χ4v) is 6.07. The van der Waals surface area contributed by atoms with Crippen LogP contribution in [0, 0.1) is 6.92 Å². The number of nitrogens with zero attached hydrogens (tertiary/aromatic N) is 4. The standard InChI is InChI=1S/C24H26N4O2S/c1-17-22(15-27(2)26-17)23-16-28(31(29,30)20-11-7-4-8-12-20)24-21(23)13-19(14-25-24)18-9-5-3-6-10-18/h4,7-8,11-16,18H,3,5-6,9-10H2,1-2H3. The first-order chi connectivity index (χ1) is 14.9. The molecule has 160 valence electrons. The van der Waals surface area contributed by atoms with Crippen LogP contribution >= 0.6 is 0 Å². The molecule has 3 heterocycles. The van der Waals surface area contributed by atoms with Gasteiger partial charge in [-0.15, -0.1) is 0 Å². The average Bonchev–Trinajstić information content (AvgIpc) is 3.34. The van der Waals surface area contributed by atoms with Gasteiger partial charge in [0.2, 0.25) is 0 Å². The van der Waals surface area contributed by atoms with Crippen molar-refractivity contribution >= 4 is 21.1 Å². The van der Waals surface area contributed by atoms with Gasteiger partial charge in [-0.2, -0.15) is 5.10 Å². The smallest absolute Gasteiger partial charge is 0.269 e. The van der Waals surface area contributed by atoms with Crippen LogP contribution in [-0.4, -0.2) is 27.2 Å². The summed E-state index contributed by atoms with van der Waals surface area (Å²) < 4.78 is 30.0. The summed E-state index contributed by atoms with van der Waals surface area (Å²) in [6.07, 6.45) is 11.6. The van der Waals surface area contributed by atoms with Gasteiger partial charge in [-0.25, -0.2) is 17.4 Å². The first-order valence-electron chi connectivity index (χ1n) is 10.8. The number of fused-ring (bicyclic) bond motifs is 1. The topological polar surface area (TPSA) is 69.8 Å². The maximum atomic E-state index is 13.5. The van der Waals surface area contributed by atoms with E-state index in [-0.39, 0.29) is 4.90 Å². The van der Waals surface area contributed by atoms with Crippen LogP contribution in [0.3, 0.4) is 0 Å². The van der Waals surface area contributed by atoms with E-state index in [1.807, 2.05) is 32.4 Å². The summed E-state index contributed by atoms with van der Waals surface area (Å²) in [6, 6.07) is 10.7. The maximum absolute atomic E-state index is 13.5. The third-order valence-electron chi connectivity index (χ3n) is 6.31. The Morgan fingerprint density at radius 1 is 1.00 bits per heavy atom. The van der Waals surface area contributed by atoms with E-state index in [9.17, 15) is 8.42 Å². The monoisotopic (exact) mass is 434 g/mol. The molecule has 7 heteroatoms. The van der Waals surface area contributed by atoms with Crippen molar-refractivity contribution in [1.82, 2.24) is 18.7 Å². The van der Waals surface area contributed by atoms with E-state index in [1.54, 1.807) is 35.1 Å². The van der Waals surface area contributed by atoms with Crippen LogP contribution < -0.4 is 0 Å². The molecule has 1 fully saturated rings. The fourth-order valence-electron chi connectivity index (χ4n) is 4.72. The average molecular weight is 435 g/mol.